The van der Waals surface area contributed by atoms with Gasteiger partial charge in [-0.2, -0.15) is 0 Å². The molecule has 1 heterocycles. The van der Waals surface area contributed by atoms with Crippen molar-refractivity contribution in [1.29, 1.82) is 0 Å². The van der Waals surface area contributed by atoms with Crippen molar-refractivity contribution in [2.75, 3.05) is 7.11 Å². The van der Waals surface area contributed by atoms with Crippen LogP contribution in [0.2, 0.25) is 10.0 Å². The second-order valence-corrected chi connectivity index (χ2v) is 6.90. The van der Waals surface area contributed by atoms with Crippen LogP contribution in [0.4, 0.5) is 0 Å². The summed E-state index contributed by atoms with van der Waals surface area (Å²) >= 11 is 13.7. The van der Waals surface area contributed by atoms with E-state index in [9.17, 15) is 0 Å². The van der Waals surface area contributed by atoms with Crippen LogP contribution in [0.15, 0.2) is 47.6 Å². The molecule has 0 aliphatic carbocycles. The van der Waals surface area contributed by atoms with Gasteiger partial charge in [0.15, 0.2) is 11.0 Å². The molecule has 1 aromatic heterocycles. The zero-order chi connectivity index (χ0) is 17.1. The smallest absolute Gasteiger partial charge is 0.191 e. The number of hydrogen-bond donors (Lipinski definition) is 0. The second kappa shape index (κ2) is 7.47. The molecule has 0 aliphatic heterocycles. The van der Waals surface area contributed by atoms with Crippen LogP contribution in [0.5, 0.6) is 5.75 Å². The summed E-state index contributed by atoms with van der Waals surface area (Å²) in [5.41, 5.74) is 2.00. The maximum atomic E-state index is 6.21. The Labute approximate surface area is 154 Å². The first kappa shape index (κ1) is 17.1. The van der Waals surface area contributed by atoms with Crippen molar-refractivity contribution in [3.63, 3.8) is 0 Å². The molecule has 0 unspecified atom stereocenters. The lowest BCUT2D eigenvalue weighted by molar-refractivity contribution is 0.415. The molecule has 0 amide bonds. The molecule has 0 N–H and O–H groups in total. The molecular formula is C17H15Cl2N3OS. The van der Waals surface area contributed by atoms with E-state index in [1.54, 1.807) is 24.9 Å². The van der Waals surface area contributed by atoms with E-state index in [0.717, 1.165) is 27.9 Å². The van der Waals surface area contributed by atoms with E-state index in [-0.39, 0.29) is 0 Å². The molecule has 0 radical (unpaired) electrons. The van der Waals surface area contributed by atoms with Gasteiger partial charge in [0.2, 0.25) is 0 Å². The number of rotatable bonds is 5. The van der Waals surface area contributed by atoms with Crippen molar-refractivity contribution in [2.24, 2.45) is 7.05 Å². The van der Waals surface area contributed by atoms with Gasteiger partial charge in [-0.1, -0.05) is 41.0 Å². The molecule has 7 heteroatoms. The number of benzene rings is 2. The van der Waals surface area contributed by atoms with Gasteiger partial charge < -0.3 is 9.30 Å². The fraction of sp³-hybridized carbons (Fsp3) is 0.176. The Kier molecular flexibility index (Phi) is 5.33. The zero-order valence-electron chi connectivity index (χ0n) is 13.2. The SMILES string of the molecule is COc1ccc(-c2nnc(SCc3ccc(Cl)cc3Cl)n2C)cc1. The largest absolute Gasteiger partial charge is 0.497 e. The molecule has 3 aromatic rings. The van der Waals surface area contributed by atoms with Crippen LogP contribution >= 0.6 is 35.0 Å². The number of halogens is 2. The Morgan fingerprint density at radius 2 is 1.83 bits per heavy atom. The van der Waals surface area contributed by atoms with Crippen molar-refractivity contribution in [3.05, 3.63) is 58.1 Å². The molecule has 0 saturated heterocycles. The minimum Gasteiger partial charge on any atom is -0.497 e. The van der Waals surface area contributed by atoms with Gasteiger partial charge >= 0.3 is 0 Å². The number of methoxy groups -OCH3 is 1. The molecule has 0 atom stereocenters. The van der Waals surface area contributed by atoms with Crippen molar-refractivity contribution in [3.8, 4) is 17.1 Å². The number of hydrogen-bond acceptors (Lipinski definition) is 4. The molecule has 124 valence electrons. The summed E-state index contributed by atoms with van der Waals surface area (Å²) in [5, 5.41) is 10.7. The zero-order valence-corrected chi connectivity index (χ0v) is 15.5. The molecule has 4 nitrogen and oxygen atoms in total. The summed E-state index contributed by atoms with van der Waals surface area (Å²) in [6.07, 6.45) is 0. The molecule has 0 fully saturated rings. The summed E-state index contributed by atoms with van der Waals surface area (Å²) < 4.78 is 7.15. The van der Waals surface area contributed by atoms with Gasteiger partial charge in [-0.3, -0.25) is 0 Å². The first-order valence-electron chi connectivity index (χ1n) is 7.19. The van der Waals surface area contributed by atoms with Crippen molar-refractivity contribution in [2.45, 2.75) is 10.9 Å². The van der Waals surface area contributed by atoms with E-state index in [1.165, 1.54) is 0 Å². The van der Waals surface area contributed by atoms with Gasteiger partial charge in [0.1, 0.15) is 5.75 Å². The third-order valence-electron chi connectivity index (χ3n) is 3.56. The number of thioether (sulfide) groups is 1. The maximum absolute atomic E-state index is 6.21. The summed E-state index contributed by atoms with van der Waals surface area (Å²) in [7, 11) is 3.60. The van der Waals surface area contributed by atoms with Crippen LogP contribution in [0, 0.1) is 0 Å². The number of aromatic nitrogens is 3. The highest BCUT2D eigenvalue weighted by molar-refractivity contribution is 7.98. The fourth-order valence-corrected chi connectivity index (χ4v) is 3.68. The molecular weight excluding hydrogens is 365 g/mol. The quantitative estimate of drug-likeness (QED) is 0.578. The highest BCUT2D eigenvalue weighted by Gasteiger charge is 2.12. The van der Waals surface area contributed by atoms with Crippen LogP contribution in [0.3, 0.4) is 0 Å². The summed E-state index contributed by atoms with van der Waals surface area (Å²) in [5.74, 6) is 2.32. The van der Waals surface area contributed by atoms with E-state index in [4.69, 9.17) is 27.9 Å². The van der Waals surface area contributed by atoms with E-state index < -0.39 is 0 Å². The highest BCUT2D eigenvalue weighted by Crippen LogP contribution is 2.29. The Hall–Kier alpha value is -1.69. The molecule has 0 bridgehead atoms. The van der Waals surface area contributed by atoms with Crippen molar-refractivity contribution in [1.82, 2.24) is 14.8 Å². The minimum atomic E-state index is 0.634. The van der Waals surface area contributed by atoms with Crippen molar-refractivity contribution >= 4 is 35.0 Å². The van der Waals surface area contributed by atoms with Gasteiger partial charge in [0, 0.05) is 28.4 Å². The van der Waals surface area contributed by atoms with E-state index >= 15 is 0 Å². The van der Waals surface area contributed by atoms with E-state index in [1.807, 2.05) is 48.0 Å². The lowest BCUT2D eigenvalue weighted by Crippen LogP contribution is -1.95. The normalized spacial score (nSPS) is 10.8. The summed E-state index contributed by atoms with van der Waals surface area (Å²) in [4.78, 5) is 0. The van der Waals surface area contributed by atoms with E-state index in [0.29, 0.717) is 15.8 Å². The molecule has 2 aromatic carbocycles. The van der Waals surface area contributed by atoms with Crippen LogP contribution < -0.4 is 4.74 Å². The molecule has 24 heavy (non-hydrogen) atoms. The first-order valence-corrected chi connectivity index (χ1v) is 8.93. The maximum Gasteiger partial charge on any atom is 0.191 e. The number of ether oxygens (including phenoxy) is 1. The molecule has 3 rings (SSSR count). The Morgan fingerprint density at radius 3 is 2.50 bits per heavy atom. The Morgan fingerprint density at radius 1 is 1.08 bits per heavy atom. The average Bonchev–Trinajstić information content (AvgIpc) is 2.95. The van der Waals surface area contributed by atoms with Crippen LogP contribution in [0.25, 0.3) is 11.4 Å². The topological polar surface area (TPSA) is 39.9 Å². The third-order valence-corrected chi connectivity index (χ3v) is 5.21. The fourth-order valence-electron chi connectivity index (χ4n) is 2.21. The average molecular weight is 380 g/mol. The molecule has 0 spiro atoms. The lowest BCUT2D eigenvalue weighted by atomic mass is 10.2. The summed E-state index contributed by atoms with van der Waals surface area (Å²) in [6.45, 7) is 0. The standard InChI is InChI=1S/C17H15Cl2N3OS/c1-22-16(11-4-7-14(23-2)8-5-11)20-21-17(22)24-10-12-3-6-13(18)9-15(12)19/h3-9H,10H2,1-2H3. The van der Waals surface area contributed by atoms with E-state index in [2.05, 4.69) is 10.2 Å². The van der Waals surface area contributed by atoms with Gasteiger partial charge in [0.05, 0.1) is 7.11 Å². The third kappa shape index (κ3) is 3.69. The predicted molar refractivity (Wildman–Crippen MR) is 99.0 cm³/mol. The second-order valence-electron chi connectivity index (χ2n) is 5.12. The van der Waals surface area contributed by atoms with Gasteiger partial charge in [-0.25, -0.2) is 0 Å². The van der Waals surface area contributed by atoms with Gasteiger partial charge in [-0.05, 0) is 42.0 Å². The Balaban J connectivity index is 1.77. The van der Waals surface area contributed by atoms with Gasteiger partial charge in [-0.15, -0.1) is 10.2 Å². The van der Waals surface area contributed by atoms with Crippen LogP contribution in [-0.4, -0.2) is 21.9 Å². The molecule has 0 saturated carbocycles. The minimum absolute atomic E-state index is 0.634. The van der Waals surface area contributed by atoms with Crippen LogP contribution in [0.1, 0.15) is 5.56 Å². The monoisotopic (exact) mass is 379 g/mol. The highest BCUT2D eigenvalue weighted by atomic mass is 35.5. The molecule has 0 aliphatic rings. The lowest BCUT2D eigenvalue weighted by Gasteiger charge is -2.06. The summed E-state index contributed by atoms with van der Waals surface area (Å²) in [6, 6.07) is 13.3. The van der Waals surface area contributed by atoms with Crippen LogP contribution in [-0.2, 0) is 12.8 Å². The first-order chi connectivity index (χ1) is 11.6. The predicted octanol–water partition coefficient (Wildman–Crippen LogP) is 5.09. The van der Waals surface area contributed by atoms with Crippen molar-refractivity contribution < 1.29 is 4.74 Å². The van der Waals surface area contributed by atoms with Gasteiger partial charge in [0.25, 0.3) is 0 Å². The Bertz CT molecular complexity index is 850. The number of nitrogens with zero attached hydrogens (tertiary/aromatic N) is 3.